The Balaban J connectivity index is 1.64. The number of para-hydroxylation sites is 1. The first-order valence-corrected chi connectivity index (χ1v) is 8.48. The fourth-order valence-corrected chi connectivity index (χ4v) is 3.32. The summed E-state index contributed by atoms with van der Waals surface area (Å²) in [6.45, 7) is 2.89. The highest BCUT2D eigenvalue weighted by atomic mass is 16.5. The molecule has 0 aliphatic carbocycles. The fourth-order valence-electron chi connectivity index (χ4n) is 3.32. The quantitative estimate of drug-likeness (QED) is 0.875. The number of ether oxygens (including phenoxy) is 2. The summed E-state index contributed by atoms with van der Waals surface area (Å²) >= 11 is 0. The molecule has 0 saturated carbocycles. The summed E-state index contributed by atoms with van der Waals surface area (Å²) in [7, 11) is 3.18. The van der Waals surface area contributed by atoms with Crippen molar-refractivity contribution in [3.8, 4) is 11.5 Å². The Hall–Kier alpha value is -2.69. The number of carbonyl (C=O) groups is 1. The van der Waals surface area contributed by atoms with Crippen LogP contribution in [-0.2, 0) is 11.2 Å². The number of methoxy groups -OCH3 is 2. The molecule has 1 amide bonds. The Kier molecular flexibility index (Phi) is 5.12. The van der Waals surface area contributed by atoms with E-state index in [-0.39, 0.29) is 5.91 Å². The van der Waals surface area contributed by atoms with Crippen molar-refractivity contribution in [3.05, 3.63) is 48.0 Å². The molecule has 1 aliphatic heterocycles. The van der Waals surface area contributed by atoms with E-state index >= 15 is 0 Å². The first kappa shape index (κ1) is 17.1. The minimum absolute atomic E-state index is 0.0388. The number of nitrogens with one attached hydrogen (secondary N) is 1. The van der Waals surface area contributed by atoms with Gasteiger partial charge in [-0.3, -0.25) is 4.79 Å². The first-order valence-electron chi connectivity index (χ1n) is 8.48. The van der Waals surface area contributed by atoms with Crippen LogP contribution in [0.4, 0.5) is 11.4 Å². The van der Waals surface area contributed by atoms with Crippen molar-refractivity contribution in [2.24, 2.45) is 0 Å². The average molecular weight is 340 g/mol. The highest BCUT2D eigenvalue weighted by Gasteiger charge is 2.25. The molecule has 0 spiro atoms. The second kappa shape index (κ2) is 7.47. The molecule has 132 valence electrons. The van der Waals surface area contributed by atoms with E-state index in [9.17, 15) is 4.79 Å². The van der Waals surface area contributed by atoms with Gasteiger partial charge in [0, 0.05) is 30.8 Å². The number of hydrogen-bond donors (Lipinski definition) is 1. The lowest BCUT2D eigenvalue weighted by molar-refractivity contribution is -0.116. The summed E-state index contributed by atoms with van der Waals surface area (Å²) in [5, 5.41) is 2.93. The molecule has 25 heavy (non-hydrogen) atoms. The van der Waals surface area contributed by atoms with E-state index in [2.05, 4.69) is 35.3 Å². The minimum Gasteiger partial charge on any atom is -0.497 e. The topological polar surface area (TPSA) is 50.8 Å². The van der Waals surface area contributed by atoms with Gasteiger partial charge in [-0.2, -0.15) is 0 Å². The van der Waals surface area contributed by atoms with E-state index in [0.29, 0.717) is 36.2 Å². The molecule has 1 aliphatic rings. The zero-order valence-corrected chi connectivity index (χ0v) is 14.9. The second-order valence-electron chi connectivity index (χ2n) is 6.24. The van der Waals surface area contributed by atoms with Crippen LogP contribution >= 0.6 is 0 Å². The van der Waals surface area contributed by atoms with Crippen molar-refractivity contribution in [3.63, 3.8) is 0 Å². The number of hydrogen-bond acceptors (Lipinski definition) is 4. The third kappa shape index (κ3) is 3.71. The molecule has 1 heterocycles. The summed E-state index contributed by atoms with van der Waals surface area (Å²) in [6, 6.07) is 14.2. The zero-order chi connectivity index (χ0) is 17.8. The van der Waals surface area contributed by atoms with E-state index in [4.69, 9.17) is 9.47 Å². The summed E-state index contributed by atoms with van der Waals surface area (Å²) in [4.78, 5) is 14.7. The maximum absolute atomic E-state index is 12.4. The molecule has 5 heteroatoms. The van der Waals surface area contributed by atoms with Crippen LogP contribution in [0.3, 0.4) is 0 Å². The molecule has 0 fully saturated rings. The van der Waals surface area contributed by atoms with Gasteiger partial charge in [0.15, 0.2) is 0 Å². The van der Waals surface area contributed by atoms with Crippen LogP contribution in [0.15, 0.2) is 42.5 Å². The van der Waals surface area contributed by atoms with Gasteiger partial charge in [-0.15, -0.1) is 0 Å². The summed E-state index contributed by atoms with van der Waals surface area (Å²) in [5.74, 6) is 1.26. The predicted octanol–water partition coefficient (Wildman–Crippen LogP) is 3.48. The Morgan fingerprint density at radius 1 is 1.20 bits per heavy atom. The Bertz CT molecular complexity index is 760. The van der Waals surface area contributed by atoms with Crippen molar-refractivity contribution in [2.75, 3.05) is 31.0 Å². The molecule has 2 aromatic rings. The maximum atomic E-state index is 12.4. The molecule has 2 aromatic carbocycles. The number of rotatable bonds is 6. The average Bonchev–Trinajstić information content (AvgIpc) is 2.95. The van der Waals surface area contributed by atoms with Gasteiger partial charge in [-0.25, -0.2) is 0 Å². The van der Waals surface area contributed by atoms with E-state index in [1.165, 1.54) is 11.3 Å². The number of carbonyl (C=O) groups excluding carboxylic acids is 1. The standard InChI is InChI=1S/C20H24N2O3/c1-14-12-15-6-4-5-7-18(15)22(14)11-10-20(23)21-17-13-16(24-2)8-9-19(17)25-3/h4-9,13-14H,10-12H2,1-3H3,(H,21,23). The third-order valence-corrected chi connectivity index (χ3v) is 4.61. The predicted molar refractivity (Wildman–Crippen MR) is 99.7 cm³/mol. The fraction of sp³-hybridized carbons (Fsp3) is 0.350. The highest BCUT2D eigenvalue weighted by molar-refractivity contribution is 5.93. The SMILES string of the molecule is COc1ccc(OC)c(NC(=O)CCN2c3ccccc3CC2C)c1. The smallest absolute Gasteiger partial charge is 0.226 e. The zero-order valence-electron chi connectivity index (χ0n) is 14.9. The van der Waals surface area contributed by atoms with Crippen LogP contribution in [0, 0.1) is 0 Å². The van der Waals surface area contributed by atoms with Crippen molar-refractivity contribution in [1.82, 2.24) is 0 Å². The molecule has 0 saturated heterocycles. The second-order valence-corrected chi connectivity index (χ2v) is 6.24. The molecule has 1 atom stereocenters. The van der Waals surface area contributed by atoms with Crippen molar-refractivity contribution in [1.29, 1.82) is 0 Å². The van der Waals surface area contributed by atoms with Gasteiger partial charge >= 0.3 is 0 Å². The van der Waals surface area contributed by atoms with Crippen LogP contribution in [0.25, 0.3) is 0 Å². The number of benzene rings is 2. The summed E-state index contributed by atoms with van der Waals surface area (Å²) in [5.41, 5.74) is 3.22. The molecule has 0 aromatic heterocycles. The summed E-state index contributed by atoms with van der Waals surface area (Å²) in [6.07, 6.45) is 1.44. The molecule has 3 rings (SSSR count). The summed E-state index contributed by atoms with van der Waals surface area (Å²) < 4.78 is 10.5. The largest absolute Gasteiger partial charge is 0.497 e. The number of nitrogens with zero attached hydrogens (tertiary/aromatic N) is 1. The molecule has 1 unspecified atom stereocenters. The normalized spacial score (nSPS) is 15.6. The van der Waals surface area contributed by atoms with Gasteiger partial charge in [0.2, 0.25) is 5.91 Å². The van der Waals surface area contributed by atoms with E-state index in [1.54, 1.807) is 32.4 Å². The molecule has 0 bridgehead atoms. The lowest BCUT2D eigenvalue weighted by atomic mass is 10.1. The van der Waals surface area contributed by atoms with Gasteiger partial charge in [-0.05, 0) is 37.1 Å². The van der Waals surface area contributed by atoms with Crippen molar-refractivity contribution >= 4 is 17.3 Å². The van der Waals surface area contributed by atoms with E-state index in [0.717, 1.165) is 6.42 Å². The van der Waals surface area contributed by atoms with Gasteiger partial charge in [0.1, 0.15) is 11.5 Å². The lowest BCUT2D eigenvalue weighted by Gasteiger charge is -2.24. The maximum Gasteiger partial charge on any atom is 0.226 e. The number of fused-ring (bicyclic) bond motifs is 1. The third-order valence-electron chi connectivity index (χ3n) is 4.61. The van der Waals surface area contributed by atoms with Crippen molar-refractivity contribution in [2.45, 2.75) is 25.8 Å². The Labute approximate surface area is 148 Å². The molecular weight excluding hydrogens is 316 g/mol. The number of amides is 1. The molecule has 1 N–H and O–H groups in total. The first-order chi connectivity index (χ1) is 12.1. The lowest BCUT2D eigenvalue weighted by Crippen LogP contribution is -2.32. The Morgan fingerprint density at radius 3 is 2.76 bits per heavy atom. The van der Waals surface area contributed by atoms with Crippen LogP contribution in [0.5, 0.6) is 11.5 Å². The van der Waals surface area contributed by atoms with Crippen LogP contribution in [-0.4, -0.2) is 32.7 Å². The van der Waals surface area contributed by atoms with Crippen LogP contribution in [0.1, 0.15) is 18.9 Å². The monoisotopic (exact) mass is 340 g/mol. The van der Waals surface area contributed by atoms with Gasteiger partial charge in [0.25, 0.3) is 0 Å². The van der Waals surface area contributed by atoms with Gasteiger partial charge in [-0.1, -0.05) is 18.2 Å². The molecule has 5 nitrogen and oxygen atoms in total. The Morgan fingerprint density at radius 2 is 2.00 bits per heavy atom. The van der Waals surface area contributed by atoms with Crippen LogP contribution in [0.2, 0.25) is 0 Å². The van der Waals surface area contributed by atoms with E-state index in [1.807, 2.05) is 6.07 Å². The van der Waals surface area contributed by atoms with Gasteiger partial charge in [0.05, 0.1) is 19.9 Å². The highest BCUT2D eigenvalue weighted by Crippen LogP contribution is 2.32. The van der Waals surface area contributed by atoms with E-state index < -0.39 is 0 Å². The number of anilines is 2. The van der Waals surface area contributed by atoms with Crippen molar-refractivity contribution < 1.29 is 14.3 Å². The minimum atomic E-state index is -0.0388. The van der Waals surface area contributed by atoms with Gasteiger partial charge < -0.3 is 19.7 Å². The molecular formula is C20H24N2O3. The molecule has 0 radical (unpaired) electrons. The van der Waals surface area contributed by atoms with Crippen LogP contribution < -0.4 is 19.7 Å².